The average Bonchev–Trinajstić information content (AvgIpc) is 2.75. The summed E-state index contributed by atoms with van der Waals surface area (Å²) >= 11 is 1.58. The van der Waals surface area contributed by atoms with E-state index in [1.165, 1.54) is 0 Å². The van der Waals surface area contributed by atoms with Gasteiger partial charge >= 0.3 is 0 Å². The number of nitrogens with zero attached hydrogens (tertiary/aromatic N) is 2. The van der Waals surface area contributed by atoms with Crippen LogP contribution in [-0.4, -0.2) is 20.7 Å². The summed E-state index contributed by atoms with van der Waals surface area (Å²) in [4.78, 5) is 16.9. The molecule has 2 heterocycles. The summed E-state index contributed by atoms with van der Waals surface area (Å²) in [6.07, 6.45) is 0. The minimum atomic E-state index is -0.0381. The van der Waals surface area contributed by atoms with Crippen molar-refractivity contribution in [2.45, 2.75) is 31.2 Å². The molecule has 0 saturated carbocycles. The van der Waals surface area contributed by atoms with Gasteiger partial charge in [0.2, 0.25) is 5.91 Å². The summed E-state index contributed by atoms with van der Waals surface area (Å²) in [6, 6.07) is 7.79. The van der Waals surface area contributed by atoms with Crippen LogP contribution in [0.25, 0.3) is 11.0 Å². The molecule has 0 fully saturated rings. The molecule has 0 saturated heterocycles. The van der Waals surface area contributed by atoms with Gasteiger partial charge in [-0.2, -0.15) is 0 Å². The fraction of sp³-hybridized carbons (Fsp3) is 0.385. The molecule has 0 spiro atoms. The van der Waals surface area contributed by atoms with E-state index in [-0.39, 0.29) is 16.6 Å². The third-order valence-electron chi connectivity index (χ3n) is 2.98. The molecule has 1 aliphatic rings. The van der Waals surface area contributed by atoms with E-state index in [0.717, 1.165) is 16.2 Å². The first-order valence-corrected chi connectivity index (χ1v) is 6.55. The topological polar surface area (TPSA) is 34.9 Å². The normalized spacial score (nSPS) is 19.9. The molecule has 17 heavy (non-hydrogen) atoms. The van der Waals surface area contributed by atoms with Gasteiger partial charge in [-0.3, -0.25) is 9.36 Å². The summed E-state index contributed by atoms with van der Waals surface area (Å²) in [5.74, 6) is 0.159. The second-order valence-corrected chi connectivity index (χ2v) is 6.49. The number of fused-ring (bicyclic) bond motifs is 3. The van der Waals surface area contributed by atoms with Crippen molar-refractivity contribution in [3.8, 4) is 0 Å². The molecule has 0 N–H and O–H groups in total. The third kappa shape index (κ3) is 1.51. The molecule has 4 heteroatoms. The second kappa shape index (κ2) is 3.35. The van der Waals surface area contributed by atoms with Crippen LogP contribution in [0.3, 0.4) is 0 Å². The van der Waals surface area contributed by atoms with E-state index in [9.17, 15) is 4.79 Å². The van der Waals surface area contributed by atoms with Gasteiger partial charge in [-0.25, -0.2) is 4.98 Å². The van der Waals surface area contributed by atoms with E-state index in [1.54, 1.807) is 16.3 Å². The maximum atomic E-state index is 12.4. The SMILES string of the molecule is CC(C)(C)C1Sc2nc3ccccc3n2C1=O. The van der Waals surface area contributed by atoms with E-state index in [4.69, 9.17) is 0 Å². The summed E-state index contributed by atoms with van der Waals surface area (Å²) in [5, 5.41) is 0.797. The van der Waals surface area contributed by atoms with Gasteiger partial charge in [0.05, 0.1) is 16.3 Å². The number of hydrogen-bond acceptors (Lipinski definition) is 3. The summed E-state index contributed by atoms with van der Waals surface area (Å²) in [7, 11) is 0. The lowest BCUT2D eigenvalue weighted by Crippen LogP contribution is -2.30. The van der Waals surface area contributed by atoms with Crippen LogP contribution in [0.2, 0.25) is 0 Å². The Labute approximate surface area is 104 Å². The maximum absolute atomic E-state index is 12.4. The Balaban J connectivity index is 2.17. The van der Waals surface area contributed by atoms with Gasteiger partial charge in [0.1, 0.15) is 0 Å². The Kier molecular flexibility index (Phi) is 2.14. The number of thioether (sulfide) groups is 1. The van der Waals surface area contributed by atoms with E-state index in [1.807, 2.05) is 24.3 Å². The van der Waals surface area contributed by atoms with Crippen molar-refractivity contribution in [3.05, 3.63) is 24.3 Å². The minimum absolute atomic E-state index is 0.0328. The van der Waals surface area contributed by atoms with Crippen LogP contribution in [0.5, 0.6) is 0 Å². The van der Waals surface area contributed by atoms with Gasteiger partial charge < -0.3 is 0 Å². The molecule has 1 aromatic carbocycles. The van der Waals surface area contributed by atoms with Crippen LogP contribution in [-0.2, 0) is 0 Å². The Morgan fingerprint density at radius 1 is 1.29 bits per heavy atom. The number of carbonyl (C=O) groups excluding carboxylic acids is 1. The lowest BCUT2D eigenvalue weighted by Gasteiger charge is -2.23. The number of carbonyl (C=O) groups is 1. The number of benzene rings is 1. The van der Waals surface area contributed by atoms with E-state index in [2.05, 4.69) is 25.8 Å². The van der Waals surface area contributed by atoms with E-state index < -0.39 is 0 Å². The highest BCUT2D eigenvalue weighted by atomic mass is 32.2. The molecule has 1 unspecified atom stereocenters. The highest BCUT2D eigenvalue weighted by Gasteiger charge is 2.41. The number of imidazole rings is 1. The Morgan fingerprint density at radius 2 is 2.00 bits per heavy atom. The lowest BCUT2D eigenvalue weighted by atomic mass is 9.91. The molecule has 3 rings (SSSR count). The molecule has 2 aromatic rings. The second-order valence-electron chi connectivity index (χ2n) is 5.42. The molecule has 1 atom stereocenters. The van der Waals surface area contributed by atoms with Crippen LogP contribution in [0.15, 0.2) is 29.4 Å². The van der Waals surface area contributed by atoms with Crippen molar-refractivity contribution in [2.75, 3.05) is 0 Å². The Morgan fingerprint density at radius 3 is 2.71 bits per heavy atom. The molecule has 3 nitrogen and oxygen atoms in total. The van der Waals surface area contributed by atoms with Gasteiger partial charge in [0.15, 0.2) is 5.16 Å². The third-order valence-corrected chi connectivity index (χ3v) is 4.61. The van der Waals surface area contributed by atoms with Crippen LogP contribution >= 0.6 is 11.8 Å². The number of rotatable bonds is 0. The van der Waals surface area contributed by atoms with Crippen molar-refractivity contribution < 1.29 is 4.79 Å². The Hall–Kier alpha value is -1.29. The van der Waals surface area contributed by atoms with Gasteiger partial charge in [0, 0.05) is 0 Å². The average molecular weight is 246 g/mol. The fourth-order valence-electron chi connectivity index (χ4n) is 2.12. The van der Waals surface area contributed by atoms with Crippen molar-refractivity contribution in [1.29, 1.82) is 0 Å². The molecule has 88 valence electrons. The zero-order chi connectivity index (χ0) is 12.2. The summed E-state index contributed by atoms with van der Waals surface area (Å²) in [5.41, 5.74) is 1.78. The van der Waals surface area contributed by atoms with E-state index >= 15 is 0 Å². The van der Waals surface area contributed by atoms with Crippen molar-refractivity contribution in [2.24, 2.45) is 5.41 Å². The smallest absolute Gasteiger partial charge is 0.247 e. The van der Waals surface area contributed by atoms with Gasteiger partial charge in [-0.1, -0.05) is 44.7 Å². The molecule has 0 amide bonds. The molecular formula is C13H14N2OS. The summed E-state index contributed by atoms with van der Waals surface area (Å²) in [6.45, 7) is 6.28. The monoisotopic (exact) mass is 246 g/mol. The van der Waals surface area contributed by atoms with E-state index in [0.29, 0.717) is 0 Å². The molecule has 1 aromatic heterocycles. The molecular weight excluding hydrogens is 232 g/mol. The first-order valence-electron chi connectivity index (χ1n) is 5.67. The van der Waals surface area contributed by atoms with Crippen LogP contribution in [0, 0.1) is 5.41 Å². The summed E-state index contributed by atoms with van der Waals surface area (Å²) < 4.78 is 1.76. The number of hydrogen-bond donors (Lipinski definition) is 0. The zero-order valence-electron chi connectivity index (χ0n) is 10.1. The van der Waals surface area contributed by atoms with Gasteiger partial charge in [-0.15, -0.1) is 0 Å². The Bertz CT molecular complexity index is 609. The van der Waals surface area contributed by atoms with Gasteiger partial charge in [0.25, 0.3) is 0 Å². The van der Waals surface area contributed by atoms with Crippen molar-refractivity contribution in [3.63, 3.8) is 0 Å². The lowest BCUT2D eigenvalue weighted by molar-refractivity contribution is 0.0875. The molecule has 1 aliphatic heterocycles. The van der Waals surface area contributed by atoms with Crippen LogP contribution < -0.4 is 0 Å². The van der Waals surface area contributed by atoms with Crippen LogP contribution in [0.1, 0.15) is 25.6 Å². The number of para-hydroxylation sites is 2. The predicted molar refractivity (Wildman–Crippen MR) is 69.5 cm³/mol. The molecule has 0 bridgehead atoms. The van der Waals surface area contributed by atoms with Crippen LogP contribution in [0.4, 0.5) is 0 Å². The largest absolute Gasteiger partial charge is 0.273 e. The maximum Gasteiger partial charge on any atom is 0.247 e. The first-order chi connectivity index (χ1) is 7.98. The molecule has 0 aliphatic carbocycles. The standard InChI is InChI=1S/C13H14N2OS/c1-13(2,3)10-11(16)15-9-7-5-4-6-8(9)14-12(15)17-10/h4-7,10H,1-3H3. The van der Waals surface area contributed by atoms with Crippen molar-refractivity contribution >= 4 is 28.7 Å². The zero-order valence-corrected chi connectivity index (χ0v) is 10.9. The van der Waals surface area contributed by atoms with Crippen molar-refractivity contribution in [1.82, 2.24) is 9.55 Å². The first kappa shape index (κ1) is 10.8. The highest BCUT2D eigenvalue weighted by molar-refractivity contribution is 8.01. The van der Waals surface area contributed by atoms with Gasteiger partial charge in [-0.05, 0) is 17.5 Å². The fourth-order valence-corrected chi connectivity index (χ4v) is 3.33. The predicted octanol–water partition coefficient (Wildman–Crippen LogP) is 3.20. The quantitative estimate of drug-likeness (QED) is 0.716. The molecule has 0 radical (unpaired) electrons. The minimum Gasteiger partial charge on any atom is -0.273 e. The highest BCUT2D eigenvalue weighted by Crippen LogP contribution is 2.42. The number of aromatic nitrogens is 2.